The number of nitrogens with one attached hydrogen (secondary N) is 1. The smallest absolute Gasteiger partial charge is 0.258 e. The number of aliphatic hydroxyl groups excluding tert-OH is 1. The highest BCUT2D eigenvalue weighted by Crippen LogP contribution is 2.33. The number of carbonyl (C=O) groups is 1. The van der Waals surface area contributed by atoms with Gasteiger partial charge in [0.2, 0.25) is 16.8 Å². The molecule has 0 saturated heterocycles. The van der Waals surface area contributed by atoms with Crippen LogP contribution in [0.3, 0.4) is 0 Å². The molecule has 238 valence electrons. The van der Waals surface area contributed by atoms with Gasteiger partial charge in [-0.15, -0.1) is 0 Å². The summed E-state index contributed by atoms with van der Waals surface area (Å²) in [5.74, 6) is 1.44. The topological polar surface area (TPSA) is 127 Å². The molecule has 0 spiro atoms. The Hall–Kier alpha value is -3.06. The Bertz CT molecular complexity index is 1350. The molecule has 0 aliphatic carbocycles. The predicted molar refractivity (Wildman–Crippen MR) is 164 cm³/mol. The summed E-state index contributed by atoms with van der Waals surface area (Å²) in [6.45, 7) is 8.00. The zero-order valence-corrected chi connectivity index (χ0v) is 26.6. The van der Waals surface area contributed by atoms with Crippen LogP contribution in [0, 0.1) is 5.92 Å². The maximum absolute atomic E-state index is 14.1. The summed E-state index contributed by atoms with van der Waals surface area (Å²) >= 11 is 0. The fourth-order valence-electron chi connectivity index (χ4n) is 5.39. The number of hydrogen-bond donors (Lipinski definition) is 2. The number of fused-ring (bicyclic) bond motifs is 2. The van der Waals surface area contributed by atoms with E-state index in [-0.39, 0.29) is 48.7 Å². The van der Waals surface area contributed by atoms with Crippen LogP contribution in [0.1, 0.15) is 56.0 Å². The molecule has 0 fully saturated rings. The maximum atomic E-state index is 14.1. The highest BCUT2D eigenvalue weighted by molar-refractivity contribution is 7.92. The molecule has 2 N–H and O–H groups in total. The SMILES string of the molecule is C[C@@H]1CN([C@H](C)CO)C(=O)c2cc(NS(C)(=O)=O)ccc2O[C@@H](C)CCCCO[C@@H]1CN(C)Cc1ccc2c(c1)OCO2. The van der Waals surface area contributed by atoms with Gasteiger partial charge < -0.3 is 29.0 Å². The van der Waals surface area contributed by atoms with Gasteiger partial charge in [-0.25, -0.2) is 8.42 Å². The van der Waals surface area contributed by atoms with Gasteiger partial charge in [0.05, 0.1) is 36.7 Å². The van der Waals surface area contributed by atoms with E-state index in [1.165, 1.54) is 6.07 Å². The second-order valence-corrected chi connectivity index (χ2v) is 13.5. The Morgan fingerprint density at radius 2 is 1.84 bits per heavy atom. The zero-order chi connectivity index (χ0) is 31.1. The molecular formula is C31H45N3O8S. The lowest BCUT2D eigenvalue weighted by atomic mass is 10.0. The second kappa shape index (κ2) is 14.6. The van der Waals surface area contributed by atoms with E-state index in [0.29, 0.717) is 32.0 Å². The highest BCUT2D eigenvalue weighted by atomic mass is 32.2. The molecule has 0 unspecified atom stereocenters. The Balaban J connectivity index is 1.59. The third kappa shape index (κ3) is 9.21. The molecule has 2 aromatic carbocycles. The summed E-state index contributed by atoms with van der Waals surface area (Å²) in [6, 6.07) is 10.2. The molecule has 4 rings (SSSR count). The van der Waals surface area contributed by atoms with Crippen LogP contribution in [0.2, 0.25) is 0 Å². The van der Waals surface area contributed by atoms with Crippen molar-refractivity contribution in [3.8, 4) is 17.2 Å². The van der Waals surface area contributed by atoms with E-state index in [9.17, 15) is 18.3 Å². The number of nitrogens with zero attached hydrogens (tertiary/aromatic N) is 2. The van der Waals surface area contributed by atoms with Gasteiger partial charge in [-0.2, -0.15) is 0 Å². The van der Waals surface area contributed by atoms with Crippen LogP contribution >= 0.6 is 0 Å². The van der Waals surface area contributed by atoms with Crippen LogP contribution in [-0.2, 0) is 21.3 Å². The quantitative estimate of drug-likeness (QED) is 0.455. The molecule has 2 aliphatic rings. The molecule has 4 atom stereocenters. The summed E-state index contributed by atoms with van der Waals surface area (Å²) in [7, 11) is -1.52. The van der Waals surface area contributed by atoms with E-state index in [1.54, 1.807) is 24.0 Å². The van der Waals surface area contributed by atoms with Crippen molar-refractivity contribution in [1.29, 1.82) is 0 Å². The molecule has 2 aromatic rings. The minimum Gasteiger partial charge on any atom is -0.490 e. The predicted octanol–water partition coefficient (Wildman–Crippen LogP) is 3.71. The van der Waals surface area contributed by atoms with Crippen molar-refractivity contribution >= 4 is 21.6 Å². The van der Waals surface area contributed by atoms with Crippen molar-refractivity contribution < 1.29 is 37.3 Å². The van der Waals surface area contributed by atoms with Gasteiger partial charge in [0.15, 0.2) is 11.5 Å². The standard InChI is InChI=1S/C31H45N3O8S/c1-21-16-34(22(2)19-35)31(36)26-15-25(32-43(5,37)38)10-12-27(26)42-23(3)8-6-7-13-39-30(21)18-33(4)17-24-9-11-28-29(14-24)41-20-40-28/h9-12,14-15,21-23,30,32,35H,6-8,13,16-20H2,1-5H3/t21-,22-,23+,30-/m1/s1. The lowest BCUT2D eigenvalue weighted by molar-refractivity contribution is -0.0177. The first-order valence-corrected chi connectivity index (χ1v) is 16.7. The van der Waals surface area contributed by atoms with E-state index >= 15 is 0 Å². The van der Waals surface area contributed by atoms with Crippen molar-refractivity contribution in [3.63, 3.8) is 0 Å². The van der Waals surface area contributed by atoms with Crippen LogP contribution in [-0.4, -0.2) is 93.9 Å². The van der Waals surface area contributed by atoms with Gasteiger partial charge in [-0.1, -0.05) is 13.0 Å². The van der Waals surface area contributed by atoms with Crippen molar-refractivity contribution in [2.75, 3.05) is 51.1 Å². The van der Waals surface area contributed by atoms with Crippen LogP contribution < -0.4 is 18.9 Å². The largest absolute Gasteiger partial charge is 0.490 e. The van der Waals surface area contributed by atoms with Crippen LogP contribution in [0.15, 0.2) is 36.4 Å². The number of amides is 1. The normalized spacial score (nSPS) is 22.4. The zero-order valence-electron chi connectivity index (χ0n) is 25.7. The Morgan fingerprint density at radius 3 is 2.58 bits per heavy atom. The first kappa shape index (κ1) is 32.8. The van der Waals surface area contributed by atoms with Gasteiger partial charge in [0, 0.05) is 37.8 Å². The van der Waals surface area contributed by atoms with Crippen molar-refractivity contribution in [1.82, 2.24) is 9.80 Å². The van der Waals surface area contributed by atoms with Gasteiger partial charge in [0.25, 0.3) is 5.91 Å². The van der Waals surface area contributed by atoms with Crippen LogP contribution in [0.25, 0.3) is 0 Å². The second-order valence-electron chi connectivity index (χ2n) is 11.8. The molecule has 11 nitrogen and oxygen atoms in total. The first-order chi connectivity index (χ1) is 20.4. The summed E-state index contributed by atoms with van der Waals surface area (Å²) in [5, 5.41) is 10.1. The summed E-state index contributed by atoms with van der Waals surface area (Å²) in [4.78, 5) is 17.9. The summed E-state index contributed by atoms with van der Waals surface area (Å²) in [5.41, 5.74) is 1.60. The van der Waals surface area contributed by atoms with Crippen molar-refractivity contribution in [2.24, 2.45) is 5.92 Å². The van der Waals surface area contributed by atoms with Gasteiger partial charge in [-0.3, -0.25) is 14.4 Å². The number of benzene rings is 2. The van der Waals surface area contributed by atoms with Gasteiger partial charge in [-0.05, 0) is 76.1 Å². The number of sulfonamides is 1. The number of rotatable bonds is 8. The Morgan fingerprint density at radius 1 is 1.09 bits per heavy atom. The maximum Gasteiger partial charge on any atom is 0.258 e. The average Bonchev–Trinajstić information content (AvgIpc) is 3.41. The molecular weight excluding hydrogens is 574 g/mol. The van der Waals surface area contributed by atoms with Gasteiger partial charge >= 0.3 is 0 Å². The van der Waals surface area contributed by atoms with Crippen molar-refractivity contribution in [3.05, 3.63) is 47.5 Å². The molecule has 2 heterocycles. The number of aliphatic hydroxyl groups is 1. The molecule has 0 saturated carbocycles. The van der Waals surface area contributed by atoms with E-state index < -0.39 is 16.1 Å². The number of anilines is 1. The minimum atomic E-state index is -3.56. The minimum absolute atomic E-state index is 0.0827. The van der Waals surface area contributed by atoms with E-state index in [4.69, 9.17) is 18.9 Å². The first-order valence-electron chi connectivity index (χ1n) is 14.8. The van der Waals surface area contributed by atoms with Crippen molar-refractivity contribution in [2.45, 2.75) is 64.8 Å². The molecule has 1 amide bonds. The Kier molecular flexibility index (Phi) is 11.2. The average molecular weight is 620 g/mol. The van der Waals surface area contributed by atoms with Crippen LogP contribution in [0.4, 0.5) is 5.69 Å². The third-order valence-corrected chi connectivity index (χ3v) is 8.34. The molecule has 0 aromatic heterocycles. The highest BCUT2D eigenvalue weighted by Gasteiger charge is 2.30. The molecule has 0 radical (unpaired) electrons. The van der Waals surface area contributed by atoms with Gasteiger partial charge in [0.1, 0.15) is 5.75 Å². The lowest BCUT2D eigenvalue weighted by Gasteiger charge is -2.36. The summed E-state index contributed by atoms with van der Waals surface area (Å²) in [6.07, 6.45) is 3.22. The van der Waals surface area contributed by atoms with E-state index in [0.717, 1.165) is 42.6 Å². The monoisotopic (exact) mass is 619 g/mol. The fraction of sp³-hybridized carbons (Fsp3) is 0.581. The molecule has 43 heavy (non-hydrogen) atoms. The third-order valence-electron chi connectivity index (χ3n) is 7.74. The molecule has 0 bridgehead atoms. The number of likely N-dealkylation sites (N-methyl/N-ethyl adjacent to an activating group) is 1. The lowest BCUT2D eigenvalue weighted by Crippen LogP contribution is -2.47. The molecule has 12 heteroatoms. The van der Waals surface area contributed by atoms with E-state index in [2.05, 4.69) is 16.5 Å². The fourth-order valence-corrected chi connectivity index (χ4v) is 5.94. The number of ether oxygens (including phenoxy) is 4. The number of carbonyl (C=O) groups excluding carboxylic acids is 1. The molecule has 2 aliphatic heterocycles. The Labute approximate surface area is 255 Å². The number of hydrogen-bond acceptors (Lipinski definition) is 9. The van der Waals surface area contributed by atoms with E-state index in [1.807, 2.05) is 32.2 Å². The summed E-state index contributed by atoms with van der Waals surface area (Å²) < 4.78 is 49.9. The van der Waals surface area contributed by atoms with Crippen LogP contribution in [0.5, 0.6) is 17.2 Å².